The summed E-state index contributed by atoms with van der Waals surface area (Å²) in [6, 6.07) is 16.0. The third-order valence-corrected chi connectivity index (χ3v) is 4.29. The summed E-state index contributed by atoms with van der Waals surface area (Å²) in [4.78, 5) is 4.61. The molecule has 0 bridgehead atoms. The fourth-order valence-electron chi connectivity index (χ4n) is 2.45. The molecule has 1 atom stereocenters. The molecule has 1 aromatic heterocycles. The number of benzene rings is 2. The van der Waals surface area contributed by atoms with Crippen LogP contribution in [0, 0.1) is 13.8 Å². The normalized spacial score (nSPS) is 12.3. The van der Waals surface area contributed by atoms with Crippen molar-refractivity contribution in [1.29, 1.82) is 0 Å². The number of aryl methyl sites for hydroxylation is 2. The molecule has 1 heterocycles. The number of thiazole rings is 1. The van der Waals surface area contributed by atoms with Gasteiger partial charge in [-0.25, -0.2) is 4.98 Å². The van der Waals surface area contributed by atoms with E-state index in [9.17, 15) is 5.11 Å². The Morgan fingerprint density at radius 3 is 2.33 bits per heavy atom. The number of aromatic nitrogens is 1. The topological polar surface area (TPSA) is 33.1 Å². The van der Waals surface area contributed by atoms with Crippen LogP contribution in [0.25, 0.3) is 11.3 Å². The van der Waals surface area contributed by atoms with Crippen molar-refractivity contribution in [3.8, 4) is 11.3 Å². The van der Waals surface area contributed by atoms with Crippen molar-refractivity contribution in [3.05, 3.63) is 75.6 Å². The molecule has 2 nitrogen and oxygen atoms in total. The largest absolute Gasteiger partial charge is 0.381 e. The number of aliphatic hydroxyl groups excluding tert-OH is 1. The van der Waals surface area contributed by atoms with Gasteiger partial charge in [0.2, 0.25) is 0 Å². The van der Waals surface area contributed by atoms with E-state index < -0.39 is 6.10 Å². The van der Waals surface area contributed by atoms with Gasteiger partial charge in [-0.2, -0.15) is 0 Å². The van der Waals surface area contributed by atoms with Gasteiger partial charge in [0, 0.05) is 10.9 Å². The Kier molecular flexibility index (Phi) is 3.86. The van der Waals surface area contributed by atoms with Crippen LogP contribution in [0.3, 0.4) is 0 Å². The Morgan fingerprint density at radius 2 is 1.67 bits per heavy atom. The van der Waals surface area contributed by atoms with Gasteiger partial charge in [0.1, 0.15) is 11.1 Å². The van der Waals surface area contributed by atoms with Gasteiger partial charge in [-0.3, -0.25) is 0 Å². The fourth-order valence-corrected chi connectivity index (χ4v) is 3.28. The first-order chi connectivity index (χ1) is 10.1. The van der Waals surface area contributed by atoms with E-state index >= 15 is 0 Å². The second kappa shape index (κ2) is 5.80. The van der Waals surface area contributed by atoms with E-state index in [4.69, 9.17) is 0 Å². The van der Waals surface area contributed by atoms with Crippen LogP contribution in [0.2, 0.25) is 0 Å². The number of aliphatic hydroxyl groups is 1. The number of hydrogen-bond acceptors (Lipinski definition) is 3. The maximum atomic E-state index is 10.4. The molecule has 21 heavy (non-hydrogen) atoms. The summed E-state index contributed by atoms with van der Waals surface area (Å²) in [5.74, 6) is 0. The smallest absolute Gasteiger partial charge is 0.131 e. The van der Waals surface area contributed by atoms with E-state index in [0.29, 0.717) is 0 Å². The zero-order chi connectivity index (χ0) is 14.8. The van der Waals surface area contributed by atoms with Crippen molar-refractivity contribution in [1.82, 2.24) is 4.98 Å². The van der Waals surface area contributed by atoms with Crippen molar-refractivity contribution in [2.45, 2.75) is 20.0 Å². The fraction of sp³-hybridized carbons (Fsp3) is 0.167. The number of hydrogen-bond donors (Lipinski definition) is 1. The summed E-state index contributed by atoms with van der Waals surface area (Å²) < 4.78 is 0. The zero-order valence-corrected chi connectivity index (χ0v) is 12.9. The standard InChI is InChI=1S/C18H17NOS/c1-12-8-13(2)10-15(9-12)16-11-21-18(19-16)17(20)14-6-4-3-5-7-14/h3-11,17,20H,1-2H3. The number of rotatable bonds is 3. The molecule has 3 aromatic rings. The first kappa shape index (κ1) is 14.0. The van der Waals surface area contributed by atoms with Gasteiger partial charge in [-0.1, -0.05) is 47.5 Å². The molecule has 0 saturated heterocycles. The van der Waals surface area contributed by atoms with E-state index in [1.54, 1.807) is 0 Å². The van der Waals surface area contributed by atoms with Crippen molar-refractivity contribution in [3.63, 3.8) is 0 Å². The second-order valence-corrected chi connectivity index (χ2v) is 6.15. The van der Waals surface area contributed by atoms with Crippen LogP contribution >= 0.6 is 11.3 Å². The average molecular weight is 295 g/mol. The van der Waals surface area contributed by atoms with Crippen LogP contribution < -0.4 is 0 Å². The van der Waals surface area contributed by atoms with Crippen molar-refractivity contribution < 1.29 is 5.11 Å². The summed E-state index contributed by atoms with van der Waals surface area (Å²) >= 11 is 1.50. The summed E-state index contributed by atoms with van der Waals surface area (Å²) in [7, 11) is 0. The van der Waals surface area contributed by atoms with E-state index in [0.717, 1.165) is 21.8 Å². The third-order valence-electron chi connectivity index (χ3n) is 3.39. The molecule has 0 amide bonds. The Hall–Kier alpha value is -1.97. The number of nitrogens with zero attached hydrogens (tertiary/aromatic N) is 1. The molecule has 3 heteroatoms. The summed E-state index contributed by atoms with van der Waals surface area (Å²) in [5.41, 5.74) is 5.36. The van der Waals surface area contributed by atoms with Gasteiger partial charge >= 0.3 is 0 Å². The lowest BCUT2D eigenvalue weighted by atomic mass is 10.1. The SMILES string of the molecule is Cc1cc(C)cc(-c2csc(C(O)c3ccccc3)n2)c1. The average Bonchev–Trinajstić information content (AvgIpc) is 2.96. The molecule has 0 radical (unpaired) electrons. The summed E-state index contributed by atoms with van der Waals surface area (Å²) in [6.07, 6.45) is -0.657. The molecule has 3 rings (SSSR count). The highest BCUT2D eigenvalue weighted by Crippen LogP contribution is 2.29. The van der Waals surface area contributed by atoms with E-state index in [1.807, 2.05) is 35.7 Å². The molecule has 0 aliphatic carbocycles. The second-order valence-electron chi connectivity index (χ2n) is 5.26. The van der Waals surface area contributed by atoms with Crippen LogP contribution in [0.5, 0.6) is 0 Å². The first-order valence-corrected chi connectivity index (χ1v) is 7.78. The van der Waals surface area contributed by atoms with E-state index in [-0.39, 0.29) is 0 Å². The van der Waals surface area contributed by atoms with E-state index in [1.165, 1.54) is 22.5 Å². The monoisotopic (exact) mass is 295 g/mol. The van der Waals surface area contributed by atoms with Crippen molar-refractivity contribution >= 4 is 11.3 Å². The highest BCUT2D eigenvalue weighted by Gasteiger charge is 2.15. The van der Waals surface area contributed by atoms with Crippen LogP contribution in [0.4, 0.5) is 0 Å². The molecular weight excluding hydrogens is 278 g/mol. The first-order valence-electron chi connectivity index (χ1n) is 6.90. The van der Waals surface area contributed by atoms with Gasteiger partial charge in [-0.05, 0) is 31.5 Å². The maximum absolute atomic E-state index is 10.4. The zero-order valence-electron chi connectivity index (χ0n) is 12.1. The van der Waals surface area contributed by atoms with Crippen LogP contribution in [-0.2, 0) is 0 Å². The predicted octanol–water partition coefficient (Wildman–Crippen LogP) is 4.51. The Labute approximate surface area is 128 Å². The quantitative estimate of drug-likeness (QED) is 0.771. The Bertz CT molecular complexity index is 729. The third kappa shape index (κ3) is 3.04. The van der Waals surface area contributed by atoms with Crippen molar-refractivity contribution in [2.24, 2.45) is 0 Å². The van der Waals surface area contributed by atoms with Gasteiger partial charge < -0.3 is 5.11 Å². The molecule has 1 N–H and O–H groups in total. The summed E-state index contributed by atoms with van der Waals surface area (Å²) in [5, 5.41) is 13.2. The summed E-state index contributed by atoms with van der Waals surface area (Å²) in [6.45, 7) is 4.17. The molecule has 0 aliphatic rings. The van der Waals surface area contributed by atoms with Gasteiger partial charge in [0.05, 0.1) is 5.69 Å². The minimum absolute atomic E-state index is 0.657. The Morgan fingerprint density at radius 1 is 1.00 bits per heavy atom. The molecular formula is C18H17NOS. The molecule has 0 saturated carbocycles. The molecule has 0 spiro atoms. The minimum Gasteiger partial charge on any atom is -0.381 e. The molecule has 106 valence electrons. The van der Waals surface area contributed by atoms with Crippen LogP contribution in [-0.4, -0.2) is 10.1 Å². The van der Waals surface area contributed by atoms with E-state index in [2.05, 4.69) is 37.0 Å². The maximum Gasteiger partial charge on any atom is 0.131 e. The highest BCUT2D eigenvalue weighted by atomic mass is 32.1. The molecule has 2 aromatic carbocycles. The van der Waals surface area contributed by atoms with Crippen molar-refractivity contribution in [2.75, 3.05) is 0 Å². The minimum atomic E-state index is -0.657. The molecule has 1 unspecified atom stereocenters. The highest BCUT2D eigenvalue weighted by molar-refractivity contribution is 7.10. The Balaban J connectivity index is 1.93. The molecule has 0 aliphatic heterocycles. The predicted molar refractivity (Wildman–Crippen MR) is 87.5 cm³/mol. The van der Waals surface area contributed by atoms with Gasteiger partial charge in [0.25, 0.3) is 0 Å². The lowest BCUT2D eigenvalue weighted by Crippen LogP contribution is -1.98. The lowest BCUT2D eigenvalue weighted by Gasteiger charge is -2.07. The van der Waals surface area contributed by atoms with Crippen LogP contribution in [0.15, 0.2) is 53.9 Å². The van der Waals surface area contributed by atoms with Crippen LogP contribution in [0.1, 0.15) is 27.8 Å². The van der Waals surface area contributed by atoms with Gasteiger partial charge in [0.15, 0.2) is 0 Å². The van der Waals surface area contributed by atoms with Gasteiger partial charge in [-0.15, -0.1) is 11.3 Å². The lowest BCUT2D eigenvalue weighted by molar-refractivity contribution is 0.220. The molecule has 0 fully saturated rings.